The van der Waals surface area contributed by atoms with Gasteiger partial charge in [-0.2, -0.15) is 0 Å². The molecule has 12 heavy (non-hydrogen) atoms. The number of carbonyl (C=O) groups is 1. The molecule has 3 nitrogen and oxygen atoms in total. The summed E-state index contributed by atoms with van der Waals surface area (Å²) in [6.45, 7) is 0. The van der Waals surface area contributed by atoms with Crippen molar-refractivity contribution in [3.8, 4) is 0 Å². The Labute approximate surface area is 72.3 Å². The molecule has 1 unspecified atom stereocenters. The van der Waals surface area contributed by atoms with Crippen molar-refractivity contribution in [3.63, 3.8) is 0 Å². The summed E-state index contributed by atoms with van der Waals surface area (Å²) in [6.07, 6.45) is 3.11. The molecule has 2 atom stereocenters. The van der Waals surface area contributed by atoms with E-state index in [-0.39, 0.29) is 17.9 Å². The van der Waals surface area contributed by atoms with Gasteiger partial charge in [0.2, 0.25) is 0 Å². The molecule has 0 aromatic carbocycles. The SMILES string of the molecule is COC(=O)C1C[C@H](N)C2CC1C2. The van der Waals surface area contributed by atoms with E-state index in [1.807, 2.05) is 0 Å². The van der Waals surface area contributed by atoms with E-state index in [1.54, 1.807) is 0 Å². The highest BCUT2D eigenvalue weighted by molar-refractivity contribution is 5.73. The molecular formula is C9H15NO2. The molecule has 0 aromatic rings. The summed E-state index contributed by atoms with van der Waals surface area (Å²) in [5.74, 6) is 1.29. The molecule has 3 aliphatic carbocycles. The number of fused-ring (bicyclic) bond motifs is 2. The molecule has 3 fully saturated rings. The molecule has 0 heterocycles. The average molecular weight is 169 g/mol. The molecule has 2 N–H and O–H groups in total. The van der Waals surface area contributed by atoms with E-state index in [2.05, 4.69) is 0 Å². The maximum absolute atomic E-state index is 11.3. The summed E-state index contributed by atoms with van der Waals surface area (Å²) < 4.78 is 4.74. The molecule has 0 aliphatic heterocycles. The number of methoxy groups -OCH3 is 1. The first-order chi connectivity index (χ1) is 5.72. The van der Waals surface area contributed by atoms with Crippen LogP contribution in [0.15, 0.2) is 0 Å². The fourth-order valence-electron chi connectivity index (χ4n) is 2.50. The van der Waals surface area contributed by atoms with Crippen molar-refractivity contribution < 1.29 is 9.53 Å². The zero-order valence-corrected chi connectivity index (χ0v) is 7.32. The third-order valence-corrected chi connectivity index (χ3v) is 3.42. The van der Waals surface area contributed by atoms with Crippen LogP contribution >= 0.6 is 0 Å². The lowest BCUT2D eigenvalue weighted by molar-refractivity contribution is -0.153. The Balaban J connectivity index is 2.02. The molecule has 68 valence electrons. The van der Waals surface area contributed by atoms with Crippen LogP contribution in [0.4, 0.5) is 0 Å². The van der Waals surface area contributed by atoms with Gasteiger partial charge in [0.1, 0.15) is 0 Å². The summed E-state index contributed by atoms with van der Waals surface area (Å²) in [5, 5.41) is 0. The fourth-order valence-corrected chi connectivity index (χ4v) is 2.50. The number of nitrogens with two attached hydrogens (primary N) is 1. The van der Waals surface area contributed by atoms with Crippen molar-refractivity contribution in [2.45, 2.75) is 25.3 Å². The number of carbonyl (C=O) groups excluding carboxylic acids is 1. The van der Waals surface area contributed by atoms with Gasteiger partial charge in [-0.05, 0) is 31.1 Å². The van der Waals surface area contributed by atoms with Crippen LogP contribution in [0.25, 0.3) is 0 Å². The van der Waals surface area contributed by atoms with Crippen LogP contribution in [0, 0.1) is 17.8 Å². The van der Waals surface area contributed by atoms with Crippen LogP contribution in [0.5, 0.6) is 0 Å². The van der Waals surface area contributed by atoms with Gasteiger partial charge in [0.25, 0.3) is 0 Å². The molecule has 2 bridgehead atoms. The van der Waals surface area contributed by atoms with E-state index in [0.717, 1.165) is 19.3 Å². The third kappa shape index (κ3) is 1.04. The summed E-state index contributed by atoms with van der Waals surface area (Å²) in [5.41, 5.74) is 5.89. The number of ether oxygens (including phenoxy) is 1. The highest BCUT2D eigenvalue weighted by Crippen LogP contribution is 2.48. The second kappa shape index (κ2) is 2.73. The quantitative estimate of drug-likeness (QED) is 0.583. The number of hydrogen-bond donors (Lipinski definition) is 1. The van der Waals surface area contributed by atoms with E-state index >= 15 is 0 Å². The maximum Gasteiger partial charge on any atom is 0.308 e. The van der Waals surface area contributed by atoms with E-state index in [9.17, 15) is 4.79 Å². The molecule has 0 radical (unpaired) electrons. The predicted octanol–water partition coefficient (Wildman–Crippen LogP) is 0.533. The Bertz CT molecular complexity index is 199. The van der Waals surface area contributed by atoms with Crippen LogP contribution in [0.1, 0.15) is 19.3 Å². The van der Waals surface area contributed by atoms with Gasteiger partial charge in [0.05, 0.1) is 13.0 Å². The largest absolute Gasteiger partial charge is 0.469 e. The Morgan fingerprint density at radius 2 is 2.00 bits per heavy atom. The predicted molar refractivity (Wildman–Crippen MR) is 44.3 cm³/mol. The minimum atomic E-state index is -0.0615. The first-order valence-corrected chi connectivity index (χ1v) is 4.55. The van der Waals surface area contributed by atoms with Gasteiger partial charge in [-0.1, -0.05) is 0 Å². The van der Waals surface area contributed by atoms with Crippen LogP contribution < -0.4 is 5.73 Å². The lowest BCUT2D eigenvalue weighted by Crippen LogP contribution is -2.51. The first-order valence-electron chi connectivity index (χ1n) is 4.55. The smallest absolute Gasteiger partial charge is 0.308 e. The number of rotatable bonds is 1. The summed E-state index contributed by atoms with van der Waals surface area (Å²) in [7, 11) is 1.46. The number of hydrogen-bond acceptors (Lipinski definition) is 3. The molecule has 3 aliphatic rings. The van der Waals surface area contributed by atoms with Gasteiger partial charge in [0, 0.05) is 6.04 Å². The maximum atomic E-state index is 11.3. The Hall–Kier alpha value is -0.570. The normalized spacial score (nSPS) is 44.8. The third-order valence-electron chi connectivity index (χ3n) is 3.42. The van der Waals surface area contributed by atoms with Crippen molar-refractivity contribution in [1.82, 2.24) is 0 Å². The second-order valence-corrected chi connectivity index (χ2v) is 4.02. The van der Waals surface area contributed by atoms with Gasteiger partial charge in [-0.15, -0.1) is 0 Å². The zero-order valence-electron chi connectivity index (χ0n) is 7.32. The lowest BCUT2D eigenvalue weighted by atomic mass is 9.58. The molecule has 3 rings (SSSR count). The van der Waals surface area contributed by atoms with Gasteiger partial charge in [0.15, 0.2) is 0 Å². The Morgan fingerprint density at radius 1 is 1.33 bits per heavy atom. The van der Waals surface area contributed by atoms with Crippen LogP contribution in [0.3, 0.4) is 0 Å². The van der Waals surface area contributed by atoms with Crippen LogP contribution in [-0.4, -0.2) is 19.1 Å². The van der Waals surface area contributed by atoms with E-state index in [0.29, 0.717) is 11.8 Å². The molecular weight excluding hydrogens is 154 g/mol. The summed E-state index contributed by atoms with van der Waals surface area (Å²) >= 11 is 0. The minimum Gasteiger partial charge on any atom is -0.469 e. The van der Waals surface area contributed by atoms with E-state index in [1.165, 1.54) is 7.11 Å². The molecule has 3 saturated carbocycles. The van der Waals surface area contributed by atoms with Crippen LogP contribution in [0.2, 0.25) is 0 Å². The van der Waals surface area contributed by atoms with Crippen LogP contribution in [-0.2, 0) is 9.53 Å². The summed E-state index contributed by atoms with van der Waals surface area (Å²) in [4.78, 5) is 11.3. The first kappa shape index (κ1) is 8.05. The second-order valence-electron chi connectivity index (χ2n) is 4.02. The molecule has 0 aromatic heterocycles. The van der Waals surface area contributed by atoms with Crippen molar-refractivity contribution in [1.29, 1.82) is 0 Å². The highest BCUT2D eigenvalue weighted by Gasteiger charge is 2.47. The van der Waals surface area contributed by atoms with Crippen molar-refractivity contribution in [2.24, 2.45) is 23.5 Å². The zero-order chi connectivity index (χ0) is 8.72. The highest BCUT2D eigenvalue weighted by atomic mass is 16.5. The fraction of sp³-hybridized carbons (Fsp3) is 0.889. The molecule has 0 spiro atoms. The average Bonchev–Trinajstić information content (AvgIpc) is 2.00. The van der Waals surface area contributed by atoms with E-state index in [4.69, 9.17) is 10.5 Å². The van der Waals surface area contributed by atoms with Gasteiger partial charge in [-0.3, -0.25) is 4.79 Å². The molecule has 0 amide bonds. The topological polar surface area (TPSA) is 52.3 Å². The minimum absolute atomic E-state index is 0.0615. The Morgan fingerprint density at radius 3 is 2.50 bits per heavy atom. The molecule has 3 heteroatoms. The van der Waals surface area contributed by atoms with Crippen molar-refractivity contribution in [3.05, 3.63) is 0 Å². The lowest BCUT2D eigenvalue weighted by Gasteiger charge is -2.48. The van der Waals surface area contributed by atoms with Crippen molar-refractivity contribution >= 4 is 5.97 Å². The van der Waals surface area contributed by atoms with Gasteiger partial charge >= 0.3 is 5.97 Å². The molecule has 0 saturated heterocycles. The number of esters is 1. The summed E-state index contributed by atoms with van der Waals surface area (Å²) in [6, 6.07) is 0.235. The van der Waals surface area contributed by atoms with Gasteiger partial charge in [-0.25, -0.2) is 0 Å². The monoisotopic (exact) mass is 169 g/mol. The Kier molecular flexibility index (Phi) is 1.83. The van der Waals surface area contributed by atoms with Crippen molar-refractivity contribution in [2.75, 3.05) is 7.11 Å². The van der Waals surface area contributed by atoms with E-state index < -0.39 is 0 Å². The standard InChI is InChI=1S/C9H15NO2/c1-12-9(11)7-4-8(10)6-2-5(7)3-6/h5-8H,2-4,10H2,1H3/t5?,6?,7?,8-/m0/s1. The van der Waals surface area contributed by atoms with Gasteiger partial charge < -0.3 is 10.5 Å².